The molecule has 4 nitrogen and oxygen atoms in total. The topological polar surface area (TPSA) is 35.6 Å². The Kier molecular flexibility index (Phi) is 3.97. The van der Waals surface area contributed by atoms with Gasteiger partial charge >= 0.3 is 0 Å². The molecule has 1 aliphatic carbocycles. The summed E-state index contributed by atoms with van der Waals surface area (Å²) in [7, 11) is 0. The molecule has 0 bridgehead atoms. The molecule has 0 aromatic heterocycles. The predicted molar refractivity (Wildman–Crippen MR) is 108 cm³/mol. The van der Waals surface area contributed by atoms with Crippen molar-refractivity contribution in [2.24, 2.45) is 0 Å². The van der Waals surface area contributed by atoms with Gasteiger partial charge in [-0.15, -0.1) is 0 Å². The average molecular weight is 361 g/mol. The second-order valence-electron chi connectivity index (χ2n) is 8.28. The van der Waals surface area contributed by atoms with Gasteiger partial charge in [-0.2, -0.15) is 0 Å². The standard InChI is InChI=1S/C23H27N3O/c1-17-15-21(20-10-6-5-9-19(17)20)25-13-11-23(12-14-25)22(27)24-16-26(23)18-7-3-2-4-8-18/h2-10,17,21H,11-16H2,1H3,(H,24,27). The minimum atomic E-state index is -0.387. The summed E-state index contributed by atoms with van der Waals surface area (Å²) in [4.78, 5) is 17.7. The molecular weight excluding hydrogens is 334 g/mol. The lowest BCUT2D eigenvalue weighted by molar-refractivity contribution is -0.125. The maximum atomic E-state index is 12.8. The quantitative estimate of drug-likeness (QED) is 0.887. The van der Waals surface area contributed by atoms with E-state index in [0.29, 0.717) is 18.6 Å². The molecule has 0 saturated carbocycles. The van der Waals surface area contributed by atoms with Crippen molar-refractivity contribution in [1.82, 2.24) is 10.2 Å². The van der Waals surface area contributed by atoms with E-state index in [2.05, 4.69) is 70.6 Å². The Labute approximate surface area is 161 Å². The van der Waals surface area contributed by atoms with Crippen LogP contribution in [0.1, 0.15) is 49.3 Å². The van der Waals surface area contributed by atoms with Gasteiger partial charge in [0.15, 0.2) is 0 Å². The molecule has 1 N–H and O–H groups in total. The van der Waals surface area contributed by atoms with Crippen molar-refractivity contribution in [3.05, 3.63) is 65.7 Å². The van der Waals surface area contributed by atoms with Crippen molar-refractivity contribution in [3.8, 4) is 0 Å². The minimum Gasteiger partial charge on any atom is -0.339 e. The van der Waals surface area contributed by atoms with Crippen LogP contribution < -0.4 is 10.2 Å². The van der Waals surface area contributed by atoms with Crippen molar-refractivity contribution >= 4 is 11.6 Å². The number of fused-ring (bicyclic) bond motifs is 1. The molecule has 2 heterocycles. The van der Waals surface area contributed by atoms with E-state index in [1.807, 2.05) is 6.07 Å². The van der Waals surface area contributed by atoms with Gasteiger partial charge in [-0.25, -0.2) is 0 Å². The Hall–Kier alpha value is -2.33. The Bertz CT molecular complexity index is 842. The molecule has 3 aliphatic rings. The van der Waals surface area contributed by atoms with Crippen LogP contribution in [0.25, 0.3) is 0 Å². The maximum absolute atomic E-state index is 12.8. The summed E-state index contributed by atoms with van der Waals surface area (Å²) in [5.41, 5.74) is 3.76. The Morgan fingerprint density at radius 1 is 0.963 bits per heavy atom. The summed E-state index contributed by atoms with van der Waals surface area (Å²) in [5, 5.41) is 3.10. The van der Waals surface area contributed by atoms with E-state index in [4.69, 9.17) is 0 Å². The first-order chi connectivity index (χ1) is 13.2. The van der Waals surface area contributed by atoms with Gasteiger partial charge < -0.3 is 10.2 Å². The summed E-state index contributed by atoms with van der Waals surface area (Å²) in [6, 6.07) is 19.8. The number of nitrogens with one attached hydrogen (secondary N) is 1. The smallest absolute Gasteiger partial charge is 0.247 e. The van der Waals surface area contributed by atoms with Gasteiger partial charge in [0.2, 0.25) is 5.91 Å². The molecule has 2 atom stereocenters. The number of hydrogen-bond acceptors (Lipinski definition) is 3. The zero-order valence-electron chi connectivity index (χ0n) is 15.9. The normalized spacial score (nSPS) is 27.0. The van der Waals surface area contributed by atoms with Crippen LogP contribution in [0.3, 0.4) is 0 Å². The molecular formula is C23H27N3O. The van der Waals surface area contributed by atoms with Crippen LogP contribution in [0.2, 0.25) is 0 Å². The number of likely N-dealkylation sites (tertiary alicyclic amines) is 1. The van der Waals surface area contributed by atoms with Gasteiger partial charge in [0.1, 0.15) is 5.54 Å². The van der Waals surface area contributed by atoms with E-state index in [-0.39, 0.29) is 11.4 Å². The molecule has 2 aliphatic heterocycles. The Balaban J connectivity index is 1.37. The first-order valence-corrected chi connectivity index (χ1v) is 10.1. The first kappa shape index (κ1) is 16.8. The Morgan fingerprint density at radius 2 is 1.63 bits per heavy atom. The van der Waals surface area contributed by atoms with Crippen molar-refractivity contribution in [3.63, 3.8) is 0 Å². The van der Waals surface area contributed by atoms with Crippen LogP contribution in [-0.4, -0.2) is 36.1 Å². The summed E-state index contributed by atoms with van der Waals surface area (Å²) >= 11 is 0. The van der Waals surface area contributed by atoms with E-state index < -0.39 is 0 Å². The molecule has 5 rings (SSSR count). The highest BCUT2D eigenvalue weighted by molar-refractivity contribution is 5.93. The van der Waals surface area contributed by atoms with Gasteiger partial charge in [0.05, 0.1) is 6.67 Å². The number of para-hydroxylation sites is 1. The molecule has 2 fully saturated rings. The third-order valence-electron chi connectivity index (χ3n) is 6.93. The lowest BCUT2D eigenvalue weighted by atomic mass is 9.84. The van der Waals surface area contributed by atoms with Crippen molar-refractivity contribution < 1.29 is 4.79 Å². The second kappa shape index (κ2) is 6.38. The molecule has 140 valence electrons. The fourth-order valence-electron chi connectivity index (χ4n) is 5.44. The summed E-state index contributed by atoms with van der Waals surface area (Å²) in [6.45, 7) is 4.91. The highest BCUT2D eigenvalue weighted by Crippen LogP contribution is 2.45. The second-order valence-corrected chi connectivity index (χ2v) is 8.28. The summed E-state index contributed by atoms with van der Waals surface area (Å²) in [5.74, 6) is 0.823. The third-order valence-corrected chi connectivity index (χ3v) is 6.93. The van der Waals surface area contributed by atoms with Crippen LogP contribution in [0, 0.1) is 0 Å². The molecule has 0 radical (unpaired) electrons. The number of piperidine rings is 1. The van der Waals surface area contributed by atoms with Gasteiger partial charge in [0, 0.05) is 24.8 Å². The SMILES string of the molecule is CC1CC(N2CCC3(CC2)C(=O)NCN3c2ccccc2)c2ccccc21. The number of hydrogen-bond donors (Lipinski definition) is 1. The van der Waals surface area contributed by atoms with E-state index in [0.717, 1.165) is 31.6 Å². The fourth-order valence-corrected chi connectivity index (χ4v) is 5.44. The predicted octanol–water partition coefficient (Wildman–Crippen LogP) is 3.66. The molecule has 2 aromatic carbocycles. The average Bonchev–Trinajstić information content (AvgIpc) is 3.22. The van der Waals surface area contributed by atoms with Crippen LogP contribution in [0.5, 0.6) is 0 Å². The fraction of sp³-hybridized carbons (Fsp3) is 0.435. The van der Waals surface area contributed by atoms with E-state index >= 15 is 0 Å². The van der Waals surface area contributed by atoms with Crippen molar-refractivity contribution in [2.45, 2.75) is 43.7 Å². The molecule has 27 heavy (non-hydrogen) atoms. The van der Waals surface area contributed by atoms with Crippen molar-refractivity contribution in [1.29, 1.82) is 0 Å². The molecule has 1 amide bonds. The third kappa shape index (κ3) is 2.58. The van der Waals surface area contributed by atoms with Crippen LogP contribution >= 0.6 is 0 Å². The maximum Gasteiger partial charge on any atom is 0.247 e. The lowest BCUT2D eigenvalue weighted by Gasteiger charge is -2.45. The molecule has 4 heteroatoms. The van der Waals surface area contributed by atoms with E-state index in [1.165, 1.54) is 17.5 Å². The van der Waals surface area contributed by atoms with Gasteiger partial charge in [0.25, 0.3) is 0 Å². The first-order valence-electron chi connectivity index (χ1n) is 10.1. The number of nitrogens with zero attached hydrogens (tertiary/aromatic N) is 2. The van der Waals surface area contributed by atoms with Crippen molar-refractivity contribution in [2.75, 3.05) is 24.7 Å². The van der Waals surface area contributed by atoms with E-state index in [1.54, 1.807) is 0 Å². The number of benzene rings is 2. The largest absolute Gasteiger partial charge is 0.339 e. The molecule has 2 aromatic rings. The summed E-state index contributed by atoms with van der Waals surface area (Å²) in [6.07, 6.45) is 2.97. The number of carbonyl (C=O) groups is 1. The minimum absolute atomic E-state index is 0.200. The highest BCUT2D eigenvalue weighted by Gasteiger charge is 2.51. The van der Waals surface area contributed by atoms with Crippen LogP contribution in [0.4, 0.5) is 5.69 Å². The van der Waals surface area contributed by atoms with Gasteiger partial charge in [-0.1, -0.05) is 49.4 Å². The summed E-state index contributed by atoms with van der Waals surface area (Å²) < 4.78 is 0. The molecule has 2 saturated heterocycles. The van der Waals surface area contributed by atoms with Gasteiger partial charge in [-0.05, 0) is 48.4 Å². The van der Waals surface area contributed by atoms with E-state index in [9.17, 15) is 4.79 Å². The lowest BCUT2D eigenvalue weighted by Crippen LogP contribution is -2.56. The molecule has 1 spiro atoms. The number of carbonyl (C=O) groups excluding carboxylic acids is 1. The number of anilines is 1. The highest BCUT2D eigenvalue weighted by atomic mass is 16.2. The number of amides is 1. The zero-order valence-corrected chi connectivity index (χ0v) is 15.9. The van der Waals surface area contributed by atoms with Gasteiger partial charge in [-0.3, -0.25) is 9.69 Å². The van der Waals surface area contributed by atoms with Crippen LogP contribution in [-0.2, 0) is 4.79 Å². The monoisotopic (exact) mass is 361 g/mol. The zero-order chi connectivity index (χ0) is 18.4. The number of rotatable bonds is 2. The van der Waals surface area contributed by atoms with Crippen LogP contribution in [0.15, 0.2) is 54.6 Å². The Morgan fingerprint density at radius 3 is 2.37 bits per heavy atom. The molecule has 2 unspecified atom stereocenters.